The van der Waals surface area contributed by atoms with Crippen LogP contribution in [0.5, 0.6) is 0 Å². The van der Waals surface area contributed by atoms with Crippen molar-refractivity contribution in [2.24, 2.45) is 0 Å². The molecule has 0 amide bonds. The van der Waals surface area contributed by atoms with Crippen LogP contribution in [0.2, 0.25) is 0 Å². The summed E-state index contributed by atoms with van der Waals surface area (Å²) in [7, 11) is 0. The van der Waals surface area contributed by atoms with Crippen LogP contribution in [0.3, 0.4) is 0 Å². The summed E-state index contributed by atoms with van der Waals surface area (Å²) in [5.41, 5.74) is 1.05. The van der Waals surface area contributed by atoms with Gasteiger partial charge in [0.1, 0.15) is 11.6 Å². The second-order valence-electron chi connectivity index (χ2n) is 4.79. The van der Waals surface area contributed by atoms with Gasteiger partial charge in [0.25, 0.3) is 0 Å². The molecule has 0 atom stereocenters. The highest BCUT2D eigenvalue weighted by molar-refractivity contribution is 14.1. The zero-order valence-corrected chi connectivity index (χ0v) is 13.2. The quantitative estimate of drug-likeness (QED) is 0.843. The molecule has 0 aliphatic heterocycles. The summed E-state index contributed by atoms with van der Waals surface area (Å²) in [6, 6.07) is 0. The predicted molar refractivity (Wildman–Crippen MR) is 82.7 cm³/mol. The van der Waals surface area contributed by atoms with Gasteiger partial charge in [0.2, 0.25) is 0 Å². The fraction of sp³-hybridized carbons (Fsp3) is 0.462. The number of anilines is 1. The minimum Gasteiger partial charge on any atom is -0.370 e. The van der Waals surface area contributed by atoms with Crippen molar-refractivity contribution >= 4 is 28.4 Å². The second kappa shape index (κ2) is 5.07. The first kappa shape index (κ1) is 12.8. The van der Waals surface area contributed by atoms with Gasteiger partial charge in [-0.25, -0.2) is 14.6 Å². The van der Waals surface area contributed by atoms with Gasteiger partial charge in [-0.1, -0.05) is 0 Å². The minimum atomic E-state index is 0.534. The molecule has 0 radical (unpaired) electrons. The van der Waals surface area contributed by atoms with Crippen LogP contribution < -0.4 is 5.32 Å². The zero-order valence-electron chi connectivity index (χ0n) is 11.0. The van der Waals surface area contributed by atoms with Gasteiger partial charge in [-0.05, 0) is 49.3 Å². The molecular formula is C13H16IN5. The SMILES string of the molecule is CCNc1nc(C2CC2)nc(-n2cc(I)cn2)c1C. The Hall–Kier alpha value is -1.18. The molecule has 100 valence electrons. The number of rotatable bonds is 4. The van der Waals surface area contributed by atoms with Gasteiger partial charge in [-0.3, -0.25) is 0 Å². The van der Waals surface area contributed by atoms with E-state index < -0.39 is 0 Å². The van der Waals surface area contributed by atoms with E-state index in [-0.39, 0.29) is 0 Å². The van der Waals surface area contributed by atoms with Gasteiger partial charge in [0.15, 0.2) is 5.82 Å². The molecule has 1 aliphatic rings. The average molecular weight is 369 g/mol. The fourth-order valence-corrected chi connectivity index (χ4v) is 2.41. The first-order chi connectivity index (χ1) is 9.19. The normalized spacial score (nSPS) is 14.7. The molecule has 0 spiro atoms. The summed E-state index contributed by atoms with van der Waals surface area (Å²) in [4.78, 5) is 9.36. The summed E-state index contributed by atoms with van der Waals surface area (Å²) >= 11 is 2.26. The number of nitrogens with one attached hydrogen (secondary N) is 1. The third-order valence-electron chi connectivity index (χ3n) is 3.19. The number of hydrogen-bond donors (Lipinski definition) is 1. The molecule has 5 nitrogen and oxygen atoms in total. The molecular weight excluding hydrogens is 353 g/mol. The van der Waals surface area contributed by atoms with Crippen LogP contribution in [0.1, 0.15) is 37.1 Å². The smallest absolute Gasteiger partial charge is 0.162 e. The van der Waals surface area contributed by atoms with Crippen LogP contribution in [-0.2, 0) is 0 Å². The van der Waals surface area contributed by atoms with Crippen molar-refractivity contribution in [2.45, 2.75) is 32.6 Å². The van der Waals surface area contributed by atoms with Gasteiger partial charge in [0, 0.05) is 24.2 Å². The van der Waals surface area contributed by atoms with Crippen LogP contribution in [0.15, 0.2) is 12.4 Å². The van der Waals surface area contributed by atoms with E-state index in [1.807, 2.05) is 24.0 Å². The van der Waals surface area contributed by atoms with Crippen LogP contribution in [0.4, 0.5) is 5.82 Å². The van der Waals surface area contributed by atoms with Gasteiger partial charge >= 0.3 is 0 Å². The molecule has 1 N–H and O–H groups in total. The van der Waals surface area contributed by atoms with Crippen molar-refractivity contribution < 1.29 is 0 Å². The van der Waals surface area contributed by atoms with Crippen LogP contribution in [-0.4, -0.2) is 26.3 Å². The molecule has 2 aromatic rings. The van der Waals surface area contributed by atoms with E-state index >= 15 is 0 Å². The summed E-state index contributed by atoms with van der Waals surface area (Å²) in [6.07, 6.45) is 6.23. The van der Waals surface area contributed by atoms with Gasteiger partial charge in [0.05, 0.1) is 9.77 Å². The standard InChI is InChI=1S/C13H16IN5/c1-3-15-11-8(2)13(19-7-10(14)6-16-19)18-12(17-11)9-4-5-9/h6-7,9H,3-5H2,1-2H3,(H,15,17,18). The zero-order chi connectivity index (χ0) is 13.4. The molecule has 6 heteroatoms. The van der Waals surface area contributed by atoms with Crippen LogP contribution >= 0.6 is 22.6 Å². The van der Waals surface area contributed by atoms with Crippen molar-refractivity contribution in [3.05, 3.63) is 27.4 Å². The summed E-state index contributed by atoms with van der Waals surface area (Å²) < 4.78 is 2.94. The van der Waals surface area contributed by atoms with E-state index in [1.54, 1.807) is 0 Å². The maximum absolute atomic E-state index is 4.71. The van der Waals surface area contributed by atoms with E-state index in [0.29, 0.717) is 5.92 Å². The number of halogens is 1. The highest BCUT2D eigenvalue weighted by Crippen LogP contribution is 2.39. The first-order valence-corrected chi connectivity index (χ1v) is 7.60. The van der Waals surface area contributed by atoms with E-state index in [1.165, 1.54) is 12.8 Å². The lowest BCUT2D eigenvalue weighted by Crippen LogP contribution is -2.11. The Bertz CT molecular complexity index is 603. The highest BCUT2D eigenvalue weighted by atomic mass is 127. The third-order valence-corrected chi connectivity index (χ3v) is 3.75. The van der Waals surface area contributed by atoms with E-state index in [9.17, 15) is 0 Å². The Morgan fingerprint density at radius 1 is 1.42 bits per heavy atom. The molecule has 1 fully saturated rings. The van der Waals surface area contributed by atoms with Crippen molar-refractivity contribution in [1.82, 2.24) is 19.7 Å². The van der Waals surface area contributed by atoms with Crippen LogP contribution in [0.25, 0.3) is 5.82 Å². The fourth-order valence-electron chi connectivity index (χ4n) is 2.03. The molecule has 2 heterocycles. The molecule has 0 bridgehead atoms. The molecule has 0 aromatic carbocycles. The van der Waals surface area contributed by atoms with Gasteiger partial charge in [-0.2, -0.15) is 5.10 Å². The van der Waals surface area contributed by atoms with E-state index in [0.717, 1.165) is 33.1 Å². The maximum atomic E-state index is 4.71. The first-order valence-electron chi connectivity index (χ1n) is 6.52. The van der Waals surface area contributed by atoms with Crippen molar-refractivity contribution in [2.75, 3.05) is 11.9 Å². The van der Waals surface area contributed by atoms with E-state index in [4.69, 9.17) is 4.98 Å². The highest BCUT2D eigenvalue weighted by Gasteiger charge is 2.28. The number of hydrogen-bond acceptors (Lipinski definition) is 4. The van der Waals surface area contributed by atoms with E-state index in [2.05, 4.69) is 44.9 Å². The number of nitrogens with zero attached hydrogens (tertiary/aromatic N) is 4. The Kier molecular flexibility index (Phi) is 3.42. The Morgan fingerprint density at radius 2 is 2.21 bits per heavy atom. The predicted octanol–water partition coefficient (Wildman–Crippen LogP) is 2.88. The molecule has 2 aromatic heterocycles. The third kappa shape index (κ3) is 2.58. The molecule has 19 heavy (non-hydrogen) atoms. The summed E-state index contributed by atoms with van der Waals surface area (Å²) in [5.74, 6) is 3.30. The van der Waals surface area contributed by atoms with Crippen molar-refractivity contribution in [3.63, 3.8) is 0 Å². The molecule has 1 aliphatic carbocycles. The largest absolute Gasteiger partial charge is 0.370 e. The topological polar surface area (TPSA) is 55.6 Å². The molecule has 1 saturated carbocycles. The molecule has 0 unspecified atom stereocenters. The lowest BCUT2D eigenvalue weighted by atomic mass is 10.2. The molecule has 3 rings (SSSR count). The maximum Gasteiger partial charge on any atom is 0.162 e. The summed E-state index contributed by atoms with van der Waals surface area (Å²) in [5, 5.41) is 7.68. The van der Waals surface area contributed by atoms with Crippen molar-refractivity contribution in [1.29, 1.82) is 0 Å². The Balaban J connectivity index is 2.10. The number of aromatic nitrogens is 4. The van der Waals surface area contributed by atoms with Crippen molar-refractivity contribution in [3.8, 4) is 5.82 Å². The van der Waals surface area contributed by atoms with Gasteiger partial charge in [-0.15, -0.1) is 0 Å². The minimum absolute atomic E-state index is 0.534. The lowest BCUT2D eigenvalue weighted by molar-refractivity contribution is 0.799. The van der Waals surface area contributed by atoms with Crippen LogP contribution in [0, 0.1) is 10.5 Å². The monoisotopic (exact) mass is 369 g/mol. The Labute approximate surface area is 126 Å². The average Bonchev–Trinajstić information content (AvgIpc) is 3.15. The summed E-state index contributed by atoms with van der Waals surface area (Å²) in [6.45, 7) is 4.98. The lowest BCUT2D eigenvalue weighted by Gasteiger charge is -2.12. The molecule has 0 saturated heterocycles. The second-order valence-corrected chi connectivity index (χ2v) is 6.03. The van der Waals surface area contributed by atoms with Gasteiger partial charge < -0.3 is 5.32 Å². The Morgan fingerprint density at radius 3 is 2.79 bits per heavy atom.